The molecule has 0 radical (unpaired) electrons. The zero-order valence-corrected chi connectivity index (χ0v) is 7.65. The first kappa shape index (κ1) is 9.45. The van der Waals surface area contributed by atoms with E-state index in [1.54, 1.807) is 19.1 Å². The van der Waals surface area contributed by atoms with E-state index >= 15 is 0 Å². The summed E-state index contributed by atoms with van der Waals surface area (Å²) in [5, 5.41) is 3.57. The second-order valence-corrected chi connectivity index (χ2v) is 2.55. The van der Waals surface area contributed by atoms with Crippen molar-refractivity contribution in [2.24, 2.45) is 5.16 Å². The highest BCUT2D eigenvalue weighted by molar-refractivity contribution is 6.45. The molecule has 3 nitrogen and oxygen atoms in total. The van der Waals surface area contributed by atoms with Gasteiger partial charge < -0.3 is 4.84 Å². The molecular weight excluding hydrogens is 166 g/mol. The second-order valence-electron chi connectivity index (χ2n) is 2.55. The predicted octanol–water partition coefficient (Wildman–Crippen LogP) is 1.89. The quantitative estimate of drug-likeness (QED) is 0.401. The van der Waals surface area contributed by atoms with Gasteiger partial charge in [0, 0.05) is 5.56 Å². The van der Waals surface area contributed by atoms with Crippen LogP contribution in [0.15, 0.2) is 35.5 Å². The average Bonchev–Trinajstić information content (AvgIpc) is 2.18. The summed E-state index contributed by atoms with van der Waals surface area (Å²) in [6.45, 7) is 1.62. The van der Waals surface area contributed by atoms with Crippen molar-refractivity contribution in [2.75, 3.05) is 7.11 Å². The van der Waals surface area contributed by atoms with E-state index in [1.807, 2.05) is 18.2 Å². The van der Waals surface area contributed by atoms with Crippen LogP contribution in [0.5, 0.6) is 0 Å². The van der Waals surface area contributed by atoms with Crippen molar-refractivity contribution in [3.05, 3.63) is 35.9 Å². The standard InChI is InChI=1S/C10H11NO2/c1-8(11-13-2)10(12)9-6-4-3-5-7-9/h3-7H,1-2H3/b11-8-. The van der Waals surface area contributed by atoms with Gasteiger partial charge in [-0.1, -0.05) is 35.5 Å². The van der Waals surface area contributed by atoms with E-state index in [0.717, 1.165) is 0 Å². The van der Waals surface area contributed by atoms with Crippen LogP contribution >= 0.6 is 0 Å². The largest absolute Gasteiger partial charge is 0.399 e. The molecular formula is C10H11NO2. The minimum Gasteiger partial charge on any atom is -0.399 e. The van der Waals surface area contributed by atoms with Gasteiger partial charge in [-0.05, 0) is 6.92 Å². The van der Waals surface area contributed by atoms with Crippen molar-refractivity contribution in [1.82, 2.24) is 0 Å². The van der Waals surface area contributed by atoms with Crippen LogP contribution in [0.4, 0.5) is 0 Å². The molecule has 0 N–H and O–H groups in total. The first-order valence-corrected chi connectivity index (χ1v) is 3.93. The summed E-state index contributed by atoms with van der Waals surface area (Å²) in [7, 11) is 1.42. The molecule has 13 heavy (non-hydrogen) atoms. The summed E-state index contributed by atoms with van der Waals surface area (Å²) >= 11 is 0. The maximum absolute atomic E-state index is 11.5. The van der Waals surface area contributed by atoms with E-state index in [4.69, 9.17) is 0 Å². The molecule has 0 saturated carbocycles. The lowest BCUT2D eigenvalue weighted by molar-refractivity contribution is 0.105. The average molecular weight is 177 g/mol. The van der Waals surface area contributed by atoms with E-state index in [-0.39, 0.29) is 5.78 Å². The van der Waals surface area contributed by atoms with Gasteiger partial charge in [0.15, 0.2) is 0 Å². The smallest absolute Gasteiger partial charge is 0.210 e. The number of carbonyl (C=O) groups excluding carboxylic acids is 1. The summed E-state index contributed by atoms with van der Waals surface area (Å²) < 4.78 is 0. The van der Waals surface area contributed by atoms with Crippen LogP contribution in [0.3, 0.4) is 0 Å². The highest BCUT2D eigenvalue weighted by atomic mass is 16.6. The lowest BCUT2D eigenvalue weighted by Gasteiger charge is -1.98. The van der Waals surface area contributed by atoms with Gasteiger partial charge in [-0.3, -0.25) is 4.79 Å². The van der Waals surface area contributed by atoms with Crippen LogP contribution in [0, 0.1) is 0 Å². The summed E-state index contributed by atoms with van der Waals surface area (Å²) in [4.78, 5) is 16.0. The van der Waals surface area contributed by atoms with E-state index < -0.39 is 0 Å². The maximum atomic E-state index is 11.5. The number of rotatable bonds is 3. The SMILES string of the molecule is CO/N=C(/C)C(=O)c1ccccc1. The fourth-order valence-electron chi connectivity index (χ4n) is 0.977. The first-order valence-electron chi connectivity index (χ1n) is 3.93. The molecule has 0 saturated heterocycles. The van der Waals surface area contributed by atoms with Crippen LogP contribution in [0.1, 0.15) is 17.3 Å². The van der Waals surface area contributed by atoms with Gasteiger partial charge in [0.1, 0.15) is 12.8 Å². The van der Waals surface area contributed by atoms with Crippen LogP contribution < -0.4 is 0 Å². The van der Waals surface area contributed by atoms with Crippen molar-refractivity contribution in [1.29, 1.82) is 0 Å². The molecule has 1 aromatic rings. The Morgan fingerprint density at radius 2 is 1.92 bits per heavy atom. The summed E-state index contributed by atoms with van der Waals surface area (Å²) in [5.41, 5.74) is 0.981. The fraction of sp³-hybridized carbons (Fsp3) is 0.200. The Morgan fingerprint density at radius 1 is 1.31 bits per heavy atom. The first-order chi connectivity index (χ1) is 6.25. The fourth-order valence-corrected chi connectivity index (χ4v) is 0.977. The van der Waals surface area contributed by atoms with Crippen molar-refractivity contribution < 1.29 is 9.63 Å². The molecule has 0 aliphatic carbocycles. The number of hydrogen-bond donors (Lipinski definition) is 0. The lowest BCUT2D eigenvalue weighted by atomic mass is 10.1. The number of oxime groups is 1. The zero-order chi connectivity index (χ0) is 9.68. The molecule has 0 aliphatic rings. The molecule has 0 amide bonds. The Bertz CT molecular complexity index is 317. The Kier molecular flexibility index (Phi) is 3.20. The minimum absolute atomic E-state index is 0.109. The van der Waals surface area contributed by atoms with Crippen molar-refractivity contribution >= 4 is 11.5 Å². The molecule has 1 rings (SSSR count). The zero-order valence-electron chi connectivity index (χ0n) is 7.65. The highest BCUT2D eigenvalue weighted by Crippen LogP contribution is 2.01. The molecule has 0 spiro atoms. The summed E-state index contributed by atoms with van der Waals surface area (Å²) in [6, 6.07) is 8.98. The molecule has 0 heterocycles. The van der Waals surface area contributed by atoms with E-state index in [9.17, 15) is 4.79 Å². The van der Waals surface area contributed by atoms with E-state index in [2.05, 4.69) is 9.99 Å². The second kappa shape index (κ2) is 4.40. The molecule has 68 valence electrons. The topological polar surface area (TPSA) is 38.7 Å². The molecule has 1 aromatic carbocycles. The third-order valence-electron chi connectivity index (χ3n) is 1.59. The molecule has 0 aliphatic heterocycles. The molecule has 0 fully saturated rings. The Hall–Kier alpha value is -1.64. The lowest BCUT2D eigenvalue weighted by Crippen LogP contribution is -2.10. The number of hydrogen-bond acceptors (Lipinski definition) is 3. The number of Topliss-reactive ketones (excluding diaryl/α,β-unsaturated/α-hetero) is 1. The Morgan fingerprint density at radius 3 is 2.46 bits per heavy atom. The van der Waals surface area contributed by atoms with Gasteiger partial charge >= 0.3 is 0 Å². The van der Waals surface area contributed by atoms with Crippen molar-refractivity contribution in [3.8, 4) is 0 Å². The van der Waals surface area contributed by atoms with Crippen LogP contribution in [-0.4, -0.2) is 18.6 Å². The number of benzene rings is 1. The maximum Gasteiger partial charge on any atom is 0.210 e. The van der Waals surface area contributed by atoms with Gasteiger partial charge in [-0.25, -0.2) is 0 Å². The monoisotopic (exact) mass is 177 g/mol. The van der Waals surface area contributed by atoms with E-state index in [1.165, 1.54) is 7.11 Å². The highest BCUT2D eigenvalue weighted by Gasteiger charge is 2.08. The van der Waals surface area contributed by atoms with Crippen molar-refractivity contribution in [2.45, 2.75) is 6.92 Å². The third-order valence-corrected chi connectivity index (χ3v) is 1.59. The number of nitrogens with zero attached hydrogens (tertiary/aromatic N) is 1. The van der Waals surface area contributed by atoms with Gasteiger partial charge in [0.2, 0.25) is 5.78 Å². The van der Waals surface area contributed by atoms with Crippen LogP contribution in [-0.2, 0) is 4.84 Å². The van der Waals surface area contributed by atoms with Gasteiger partial charge in [-0.15, -0.1) is 0 Å². The number of carbonyl (C=O) groups is 1. The van der Waals surface area contributed by atoms with Gasteiger partial charge in [-0.2, -0.15) is 0 Å². The predicted molar refractivity (Wildman–Crippen MR) is 50.9 cm³/mol. The normalized spacial score (nSPS) is 11.1. The Labute approximate surface area is 77.0 Å². The van der Waals surface area contributed by atoms with Crippen LogP contribution in [0.2, 0.25) is 0 Å². The van der Waals surface area contributed by atoms with Crippen molar-refractivity contribution in [3.63, 3.8) is 0 Å². The minimum atomic E-state index is -0.109. The summed E-state index contributed by atoms with van der Waals surface area (Å²) in [5.74, 6) is -0.109. The molecule has 3 heteroatoms. The molecule has 0 atom stereocenters. The number of ketones is 1. The summed E-state index contributed by atoms with van der Waals surface area (Å²) in [6.07, 6.45) is 0. The van der Waals surface area contributed by atoms with Crippen LogP contribution in [0.25, 0.3) is 0 Å². The molecule has 0 aromatic heterocycles. The third kappa shape index (κ3) is 2.40. The Balaban J connectivity index is 2.86. The molecule has 0 unspecified atom stereocenters. The van der Waals surface area contributed by atoms with Gasteiger partial charge in [0.05, 0.1) is 0 Å². The molecule has 0 bridgehead atoms. The van der Waals surface area contributed by atoms with E-state index in [0.29, 0.717) is 11.3 Å². The van der Waals surface area contributed by atoms with Gasteiger partial charge in [0.25, 0.3) is 0 Å².